The molecule has 2 rings (SSSR count). The maximum Gasteiger partial charge on any atom is 0.0796 e. The first-order valence-electron chi connectivity index (χ1n) is 6.28. The molecule has 0 spiro atoms. The highest BCUT2D eigenvalue weighted by Crippen LogP contribution is 2.22. The molecule has 0 saturated carbocycles. The largest absolute Gasteiger partial charge is 0.388 e. The van der Waals surface area contributed by atoms with E-state index < -0.39 is 5.60 Å². The SMILES string of the molecule is CN[C@H]1CN(Cc2ccccc2)CCC1(C)O. The third-order valence-corrected chi connectivity index (χ3v) is 3.72. The Bertz CT molecular complexity index is 350. The summed E-state index contributed by atoms with van der Waals surface area (Å²) in [6.45, 7) is 4.75. The maximum atomic E-state index is 10.2. The van der Waals surface area contributed by atoms with Gasteiger partial charge in [-0.3, -0.25) is 4.90 Å². The van der Waals surface area contributed by atoms with E-state index in [4.69, 9.17) is 0 Å². The Labute approximate surface area is 103 Å². The Morgan fingerprint density at radius 2 is 2.12 bits per heavy atom. The lowest BCUT2D eigenvalue weighted by molar-refractivity contribution is -0.0357. The molecule has 2 atom stereocenters. The van der Waals surface area contributed by atoms with Crippen LogP contribution in [0.15, 0.2) is 30.3 Å². The fourth-order valence-corrected chi connectivity index (χ4v) is 2.49. The normalized spacial score (nSPS) is 30.4. The predicted molar refractivity (Wildman–Crippen MR) is 69.8 cm³/mol. The summed E-state index contributed by atoms with van der Waals surface area (Å²) in [6, 6.07) is 10.7. The van der Waals surface area contributed by atoms with Crippen LogP contribution in [0.2, 0.25) is 0 Å². The molecule has 0 amide bonds. The van der Waals surface area contributed by atoms with Crippen LogP contribution in [0.1, 0.15) is 18.9 Å². The third-order valence-electron chi connectivity index (χ3n) is 3.72. The van der Waals surface area contributed by atoms with Gasteiger partial charge in [0.2, 0.25) is 0 Å². The Kier molecular flexibility index (Phi) is 3.82. The lowest BCUT2D eigenvalue weighted by atomic mass is 9.88. The molecule has 1 unspecified atom stereocenters. The molecule has 0 aromatic heterocycles. The van der Waals surface area contributed by atoms with Gasteiger partial charge in [0.25, 0.3) is 0 Å². The van der Waals surface area contributed by atoms with Gasteiger partial charge in [0.05, 0.1) is 5.60 Å². The van der Waals surface area contributed by atoms with Crippen LogP contribution < -0.4 is 5.32 Å². The van der Waals surface area contributed by atoms with Crippen molar-refractivity contribution in [1.29, 1.82) is 0 Å². The molecule has 0 aliphatic carbocycles. The smallest absolute Gasteiger partial charge is 0.0796 e. The molecule has 1 aliphatic rings. The Morgan fingerprint density at radius 3 is 2.76 bits per heavy atom. The van der Waals surface area contributed by atoms with Crippen molar-refractivity contribution in [2.75, 3.05) is 20.1 Å². The van der Waals surface area contributed by atoms with E-state index in [0.29, 0.717) is 0 Å². The van der Waals surface area contributed by atoms with E-state index in [1.54, 1.807) is 0 Å². The summed E-state index contributed by atoms with van der Waals surface area (Å²) in [4.78, 5) is 2.40. The number of hydrogen-bond donors (Lipinski definition) is 2. The molecule has 94 valence electrons. The highest BCUT2D eigenvalue weighted by atomic mass is 16.3. The minimum Gasteiger partial charge on any atom is -0.388 e. The van der Waals surface area contributed by atoms with Crippen molar-refractivity contribution in [3.8, 4) is 0 Å². The van der Waals surface area contributed by atoms with Gasteiger partial charge in [0, 0.05) is 25.7 Å². The lowest BCUT2D eigenvalue weighted by Gasteiger charge is -2.42. The molecule has 3 nitrogen and oxygen atoms in total. The van der Waals surface area contributed by atoms with Gasteiger partial charge in [-0.2, -0.15) is 0 Å². The molecular formula is C14H22N2O. The van der Waals surface area contributed by atoms with E-state index in [-0.39, 0.29) is 6.04 Å². The molecule has 0 bridgehead atoms. The zero-order chi connectivity index (χ0) is 12.3. The summed E-state index contributed by atoms with van der Waals surface area (Å²) in [7, 11) is 1.92. The monoisotopic (exact) mass is 234 g/mol. The molecule has 1 saturated heterocycles. The average Bonchev–Trinajstić information content (AvgIpc) is 2.33. The highest BCUT2D eigenvalue weighted by Gasteiger charge is 2.36. The highest BCUT2D eigenvalue weighted by molar-refractivity contribution is 5.14. The standard InChI is InChI=1S/C14H22N2O/c1-14(17)8-9-16(11-13(14)15-2)10-12-6-4-3-5-7-12/h3-7,13,15,17H,8-11H2,1-2H3/t13-,14?/m0/s1. The van der Waals surface area contributed by atoms with E-state index in [1.165, 1.54) is 5.56 Å². The van der Waals surface area contributed by atoms with Crippen molar-refractivity contribution >= 4 is 0 Å². The summed E-state index contributed by atoms with van der Waals surface area (Å²) >= 11 is 0. The number of likely N-dealkylation sites (tertiary alicyclic amines) is 1. The first kappa shape index (κ1) is 12.6. The summed E-state index contributed by atoms with van der Waals surface area (Å²) in [5, 5.41) is 13.4. The first-order chi connectivity index (χ1) is 8.12. The van der Waals surface area contributed by atoms with Gasteiger partial charge in [-0.05, 0) is 26.0 Å². The van der Waals surface area contributed by atoms with Gasteiger partial charge in [-0.1, -0.05) is 30.3 Å². The molecule has 2 N–H and O–H groups in total. The number of benzene rings is 1. The number of aliphatic hydroxyl groups is 1. The molecule has 1 aromatic carbocycles. The van der Waals surface area contributed by atoms with Gasteiger partial charge in [-0.25, -0.2) is 0 Å². The second kappa shape index (κ2) is 5.17. The topological polar surface area (TPSA) is 35.5 Å². The van der Waals surface area contributed by atoms with Crippen LogP contribution >= 0.6 is 0 Å². The molecule has 1 heterocycles. The van der Waals surface area contributed by atoms with Gasteiger partial charge in [0.15, 0.2) is 0 Å². The molecule has 1 fully saturated rings. The molecule has 3 heteroatoms. The number of likely N-dealkylation sites (N-methyl/N-ethyl adjacent to an activating group) is 1. The average molecular weight is 234 g/mol. The number of piperidine rings is 1. The second-order valence-corrected chi connectivity index (χ2v) is 5.17. The summed E-state index contributed by atoms with van der Waals surface area (Å²) in [5.41, 5.74) is 0.756. The van der Waals surface area contributed by atoms with Crippen LogP contribution in [-0.2, 0) is 6.54 Å². The minimum atomic E-state index is -0.581. The molecular weight excluding hydrogens is 212 g/mol. The molecule has 1 aromatic rings. The van der Waals surface area contributed by atoms with Crippen LogP contribution in [0.3, 0.4) is 0 Å². The summed E-state index contributed by atoms with van der Waals surface area (Å²) in [5.74, 6) is 0. The Balaban J connectivity index is 1.96. The Hall–Kier alpha value is -0.900. The van der Waals surface area contributed by atoms with E-state index in [0.717, 1.165) is 26.1 Å². The first-order valence-corrected chi connectivity index (χ1v) is 6.28. The van der Waals surface area contributed by atoms with Crippen LogP contribution in [0.5, 0.6) is 0 Å². The maximum absolute atomic E-state index is 10.2. The lowest BCUT2D eigenvalue weighted by Crippen LogP contribution is -2.58. The molecule has 1 aliphatic heterocycles. The number of nitrogens with zero attached hydrogens (tertiary/aromatic N) is 1. The fraction of sp³-hybridized carbons (Fsp3) is 0.571. The minimum absolute atomic E-state index is 0.153. The van der Waals surface area contributed by atoms with Gasteiger partial charge in [-0.15, -0.1) is 0 Å². The van der Waals surface area contributed by atoms with E-state index >= 15 is 0 Å². The van der Waals surface area contributed by atoms with Gasteiger partial charge in [0.1, 0.15) is 0 Å². The van der Waals surface area contributed by atoms with E-state index in [9.17, 15) is 5.11 Å². The van der Waals surface area contributed by atoms with Crippen LogP contribution in [0, 0.1) is 0 Å². The van der Waals surface area contributed by atoms with E-state index in [1.807, 2.05) is 20.0 Å². The third kappa shape index (κ3) is 3.06. The van der Waals surface area contributed by atoms with Crippen LogP contribution in [0.4, 0.5) is 0 Å². The van der Waals surface area contributed by atoms with Gasteiger partial charge >= 0.3 is 0 Å². The number of hydrogen-bond acceptors (Lipinski definition) is 3. The summed E-state index contributed by atoms with van der Waals surface area (Å²) < 4.78 is 0. The predicted octanol–water partition coefficient (Wildman–Crippen LogP) is 1.23. The zero-order valence-electron chi connectivity index (χ0n) is 10.7. The van der Waals surface area contributed by atoms with Crippen molar-refractivity contribution in [3.05, 3.63) is 35.9 Å². The number of nitrogens with one attached hydrogen (secondary N) is 1. The van der Waals surface area contributed by atoms with Crippen molar-refractivity contribution in [2.24, 2.45) is 0 Å². The fourth-order valence-electron chi connectivity index (χ4n) is 2.49. The van der Waals surface area contributed by atoms with Crippen LogP contribution in [-0.4, -0.2) is 41.8 Å². The zero-order valence-corrected chi connectivity index (χ0v) is 10.7. The van der Waals surface area contributed by atoms with Crippen molar-refractivity contribution in [2.45, 2.75) is 31.5 Å². The van der Waals surface area contributed by atoms with Gasteiger partial charge < -0.3 is 10.4 Å². The van der Waals surface area contributed by atoms with Crippen LogP contribution in [0.25, 0.3) is 0 Å². The molecule has 0 radical (unpaired) electrons. The second-order valence-electron chi connectivity index (χ2n) is 5.17. The van der Waals surface area contributed by atoms with Crippen molar-refractivity contribution < 1.29 is 5.11 Å². The van der Waals surface area contributed by atoms with E-state index in [2.05, 4.69) is 34.5 Å². The van der Waals surface area contributed by atoms with Crippen molar-refractivity contribution in [1.82, 2.24) is 10.2 Å². The number of rotatable bonds is 3. The van der Waals surface area contributed by atoms with Crippen molar-refractivity contribution in [3.63, 3.8) is 0 Å². The summed E-state index contributed by atoms with van der Waals surface area (Å²) in [6.07, 6.45) is 0.825. The Morgan fingerprint density at radius 1 is 1.41 bits per heavy atom. The quantitative estimate of drug-likeness (QED) is 0.826. The molecule has 17 heavy (non-hydrogen) atoms.